The number of benzene rings is 2. The van der Waals surface area contributed by atoms with Crippen LogP contribution in [0.3, 0.4) is 0 Å². The van der Waals surface area contributed by atoms with Crippen molar-refractivity contribution in [1.82, 2.24) is 5.32 Å². The van der Waals surface area contributed by atoms with Gasteiger partial charge in [0.05, 0.1) is 11.7 Å². The average molecular weight is 294 g/mol. The van der Waals surface area contributed by atoms with Gasteiger partial charge >= 0.3 is 0 Å². The van der Waals surface area contributed by atoms with Crippen LogP contribution in [0.5, 0.6) is 0 Å². The number of aliphatic hydroxyl groups excluding tert-OH is 1. The van der Waals surface area contributed by atoms with Crippen LogP contribution >= 0.6 is 11.6 Å². The maximum atomic E-state index is 13.5. The molecule has 0 bridgehead atoms. The standard InChI is InChI=1S/C15H13ClFNO2/c16-11-6-7-12(13(17)8-11)15(20)18-9-14(19)10-4-2-1-3-5-10/h1-8,14,19H,9H2,(H,18,20)/t14-/m0/s1. The quantitative estimate of drug-likeness (QED) is 0.910. The van der Waals surface area contributed by atoms with Crippen LogP contribution in [0.2, 0.25) is 5.02 Å². The van der Waals surface area contributed by atoms with Gasteiger partial charge in [0.25, 0.3) is 5.91 Å². The SMILES string of the molecule is O=C(NC[C@H](O)c1ccccc1)c1ccc(Cl)cc1F. The zero-order valence-corrected chi connectivity index (χ0v) is 11.3. The van der Waals surface area contributed by atoms with Crippen molar-refractivity contribution >= 4 is 17.5 Å². The van der Waals surface area contributed by atoms with Gasteiger partial charge in [-0.05, 0) is 23.8 Å². The molecule has 104 valence electrons. The number of carbonyl (C=O) groups excluding carboxylic acids is 1. The van der Waals surface area contributed by atoms with Gasteiger partial charge in [-0.25, -0.2) is 4.39 Å². The molecule has 1 amide bonds. The van der Waals surface area contributed by atoms with Crippen molar-refractivity contribution in [2.45, 2.75) is 6.10 Å². The van der Waals surface area contributed by atoms with Gasteiger partial charge < -0.3 is 10.4 Å². The van der Waals surface area contributed by atoms with E-state index >= 15 is 0 Å². The molecule has 0 spiro atoms. The minimum absolute atomic E-state index is 0.00487. The van der Waals surface area contributed by atoms with Gasteiger partial charge in [-0.2, -0.15) is 0 Å². The van der Waals surface area contributed by atoms with E-state index in [2.05, 4.69) is 5.32 Å². The van der Waals surface area contributed by atoms with Crippen LogP contribution in [-0.4, -0.2) is 17.6 Å². The van der Waals surface area contributed by atoms with Crippen molar-refractivity contribution in [2.24, 2.45) is 0 Å². The molecular formula is C15H13ClFNO2. The number of nitrogens with one attached hydrogen (secondary N) is 1. The summed E-state index contributed by atoms with van der Waals surface area (Å²) in [5.74, 6) is -1.28. The molecule has 2 aromatic rings. The van der Waals surface area contributed by atoms with Gasteiger partial charge in [-0.15, -0.1) is 0 Å². The Morgan fingerprint density at radius 2 is 1.95 bits per heavy atom. The monoisotopic (exact) mass is 293 g/mol. The molecule has 0 aliphatic rings. The Hall–Kier alpha value is -1.91. The predicted octanol–water partition coefficient (Wildman–Crippen LogP) is 2.94. The van der Waals surface area contributed by atoms with E-state index < -0.39 is 17.8 Å². The molecule has 0 fully saturated rings. The second-order valence-corrected chi connectivity index (χ2v) is 4.70. The molecule has 2 rings (SSSR count). The van der Waals surface area contributed by atoms with E-state index in [0.717, 1.165) is 6.07 Å². The van der Waals surface area contributed by atoms with Crippen LogP contribution in [0.4, 0.5) is 4.39 Å². The smallest absolute Gasteiger partial charge is 0.254 e. The summed E-state index contributed by atoms with van der Waals surface area (Å²) >= 11 is 5.62. The zero-order chi connectivity index (χ0) is 14.5. The summed E-state index contributed by atoms with van der Waals surface area (Å²) in [4.78, 5) is 11.8. The Kier molecular flexibility index (Phi) is 4.71. The highest BCUT2D eigenvalue weighted by atomic mass is 35.5. The number of halogens is 2. The number of aliphatic hydroxyl groups is 1. The van der Waals surface area contributed by atoms with Crippen LogP contribution in [0.25, 0.3) is 0 Å². The van der Waals surface area contributed by atoms with Crippen LogP contribution in [0.15, 0.2) is 48.5 Å². The summed E-state index contributed by atoms with van der Waals surface area (Å²) in [6.07, 6.45) is -0.837. The first-order valence-electron chi connectivity index (χ1n) is 6.04. The molecule has 1 atom stereocenters. The van der Waals surface area contributed by atoms with Crippen molar-refractivity contribution in [3.63, 3.8) is 0 Å². The second-order valence-electron chi connectivity index (χ2n) is 4.26. The molecule has 0 aromatic heterocycles. The molecule has 0 aliphatic heterocycles. The van der Waals surface area contributed by atoms with Crippen molar-refractivity contribution in [1.29, 1.82) is 0 Å². The van der Waals surface area contributed by atoms with E-state index in [1.54, 1.807) is 24.3 Å². The first kappa shape index (κ1) is 14.5. The summed E-state index contributed by atoms with van der Waals surface area (Å²) < 4.78 is 13.5. The first-order chi connectivity index (χ1) is 9.58. The maximum Gasteiger partial charge on any atom is 0.254 e. The zero-order valence-electron chi connectivity index (χ0n) is 10.5. The van der Waals surface area contributed by atoms with E-state index in [1.165, 1.54) is 12.1 Å². The molecule has 5 heteroatoms. The summed E-state index contributed by atoms with van der Waals surface area (Å²) in [6, 6.07) is 12.7. The molecule has 0 heterocycles. The third-order valence-electron chi connectivity index (χ3n) is 2.82. The lowest BCUT2D eigenvalue weighted by atomic mass is 10.1. The number of amides is 1. The Balaban J connectivity index is 1.99. The summed E-state index contributed by atoms with van der Waals surface area (Å²) in [7, 11) is 0. The van der Waals surface area contributed by atoms with Gasteiger partial charge in [0.2, 0.25) is 0 Å². The molecule has 2 aromatic carbocycles. The highest BCUT2D eigenvalue weighted by molar-refractivity contribution is 6.30. The van der Waals surface area contributed by atoms with Gasteiger partial charge in [0, 0.05) is 11.6 Å². The summed E-state index contributed by atoms with van der Waals surface area (Å²) in [5.41, 5.74) is 0.582. The highest BCUT2D eigenvalue weighted by Crippen LogP contribution is 2.15. The van der Waals surface area contributed by atoms with Crippen molar-refractivity contribution in [2.75, 3.05) is 6.54 Å². The molecule has 0 saturated carbocycles. The topological polar surface area (TPSA) is 49.3 Å². The molecule has 20 heavy (non-hydrogen) atoms. The summed E-state index contributed by atoms with van der Waals surface area (Å²) in [6.45, 7) is 0.00487. The van der Waals surface area contributed by atoms with Crippen LogP contribution in [0, 0.1) is 5.82 Å². The van der Waals surface area contributed by atoms with Crippen molar-refractivity contribution in [3.05, 3.63) is 70.5 Å². The number of hydrogen-bond donors (Lipinski definition) is 2. The van der Waals surface area contributed by atoms with Gasteiger partial charge in [-0.3, -0.25) is 4.79 Å². The Labute approximate surface area is 121 Å². The lowest BCUT2D eigenvalue weighted by molar-refractivity contribution is 0.0912. The maximum absolute atomic E-state index is 13.5. The lowest BCUT2D eigenvalue weighted by Crippen LogP contribution is -2.29. The van der Waals surface area contributed by atoms with E-state index in [4.69, 9.17) is 11.6 Å². The molecule has 2 N–H and O–H groups in total. The van der Waals surface area contributed by atoms with E-state index in [0.29, 0.717) is 5.56 Å². The Morgan fingerprint density at radius 3 is 2.60 bits per heavy atom. The van der Waals surface area contributed by atoms with Gasteiger partial charge in [-0.1, -0.05) is 41.9 Å². The minimum Gasteiger partial charge on any atom is -0.387 e. The van der Waals surface area contributed by atoms with Crippen LogP contribution < -0.4 is 5.32 Å². The van der Waals surface area contributed by atoms with Gasteiger partial charge in [0.15, 0.2) is 0 Å². The Morgan fingerprint density at radius 1 is 1.25 bits per heavy atom. The van der Waals surface area contributed by atoms with Crippen molar-refractivity contribution < 1.29 is 14.3 Å². The molecule has 3 nitrogen and oxygen atoms in total. The summed E-state index contributed by atoms with van der Waals surface area (Å²) in [5, 5.41) is 12.6. The largest absolute Gasteiger partial charge is 0.387 e. The molecular weight excluding hydrogens is 281 g/mol. The normalized spacial score (nSPS) is 11.9. The third kappa shape index (κ3) is 3.56. The fraction of sp³-hybridized carbons (Fsp3) is 0.133. The predicted molar refractivity (Wildman–Crippen MR) is 75.1 cm³/mol. The molecule has 0 aliphatic carbocycles. The lowest BCUT2D eigenvalue weighted by Gasteiger charge is -2.12. The minimum atomic E-state index is -0.837. The molecule has 0 unspecified atom stereocenters. The third-order valence-corrected chi connectivity index (χ3v) is 3.05. The second kappa shape index (κ2) is 6.50. The first-order valence-corrected chi connectivity index (χ1v) is 6.42. The number of hydrogen-bond acceptors (Lipinski definition) is 2. The van der Waals surface area contributed by atoms with E-state index in [-0.39, 0.29) is 17.1 Å². The molecule has 0 radical (unpaired) electrons. The Bertz CT molecular complexity index is 604. The van der Waals surface area contributed by atoms with E-state index in [1.807, 2.05) is 6.07 Å². The highest BCUT2D eigenvalue weighted by Gasteiger charge is 2.14. The van der Waals surface area contributed by atoms with E-state index in [9.17, 15) is 14.3 Å². The number of rotatable bonds is 4. The van der Waals surface area contributed by atoms with Crippen molar-refractivity contribution in [3.8, 4) is 0 Å². The fourth-order valence-corrected chi connectivity index (χ4v) is 1.91. The van der Waals surface area contributed by atoms with Crippen LogP contribution in [0.1, 0.15) is 22.0 Å². The van der Waals surface area contributed by atoms with Gasteiger partial charge in [0.1, 0.15) is 5.82 Å². The fourth-order valence-electron chi connectivity index (χ4n) is 1.75. The van der Waals surface area contributed by atoms with Crippen LogP contribution in [-0.2, 0) is 0 Å². The number of carbonyl (C=O) groups is 1. The average Bonchev–Trinajstić information content (AvgIpc) is 2.45. The molecule has 0 saturated heterocycles.